The maximum atomic E-state index is 12.7. The SMILES string of the molecule is O=C(COc1ccccc1C(=O)Nc1nc2ccccc2[nH]1)Nc1ccc(Cl)cc1. The summed E-state index contributed by atoms with van der Waals surface area (Å²) in [7, 11) is 0. The maximum Gasteiger partial charge on any atom is 0.262 e. The van der Waals surface area contributed by atoms with E-state index >= 15 is 0 Å². The first kappa shape index (κ1) is 19.5. The second-order valence-corrected chi connectivity index (χ2v) is 6.83. The Hall–Kier alpha value is -3.84. The summed E-state index contributed by atoms with van der Waals surface area (Å²) in [6, 6.07) is 20.9. The number of nitrogens with one attached hydrogen (secondary N) is 3. The summed E-state index contributed by atoms with van der Waals surface area (Å²) < 4.78 is 5.58. The average molecular weight is 421 g/mol. The monoisotopic (exact) mass is 420 g/mol. The van der Waals surface area contributed by atoms with E-state index in [4.69, 9.17) is 16.3 Å². The summed E-state index contributed by atoms with van der Waals surface area (Å²) in [5.74, 6) is -0.138. The van der Waals surface area contributed by atoms with Gasteiger partial charge >= 0.3 is 0 Å². The van der Waals surface area contributed by atoms with Crippen LogP contribution < -0.4 is 15.4 Å². The predicted octanol–water partition coefficient (Wildman–Crippen LogP) is 4.49. The van der Waals surface area contributed by atoms with Crippen molar-refractivity contribution in [2.24, 2.45) is 0 Å². The van der Waals surface area contributed by atoms with Crippen molar-refractivity contribution in [3.63, 3.8) is 0 Å². The van der Waals surface area contributed by atoms with Crippen LogP contribution in [0.4, 0.5) is 11.6 Å². The normalized spacial score (nSPS) is 10.6. The third-order valence-electron chi connectivity index (χ3n) is 4.24. The van der Waals surface area contributed by atoms with E-state index in [1.54, 1.807) is 48.5 Å². The van der Waals surface area contributed by atoms with Gasteiger partial charge in [0.05, 0.1) is 16.6 Å². The van der Waals surface area contributed by atoms with Gasteiger partial charge in [-0.05, 0) is 48.5 Å². The number of aromatic nitrogens is 2. The van der Waals surface area contributed by atoms with Gasteiger partial charge in [-0.25, -0.2) is 4.98 Å². The zero-order valence-electron chi connectivity index (χ0n) is 15.7. The topological polar surface area (TPSA) is 96.1 Å². The molecule has 0 saturated carbocycles. The van der Waals surface area contributed by atoms with Crippen LogP contribution in [0.5, 0.6) is 5.75 Å². The van der Waals surface area contributed by atoms with E-state index in [0.717, 1.165) is 11.0 Å². The van der Waals surface area contributed by atoms with Gasteiger partial charge in [0.25, 0.3) is 11.8 Å². The number of benzene rings is 3. The van der Waals surface area contributed by atoms with Crippen molar-refractivity contribution < 1.29 is 14.3 Å². The number of hydrogen-bond acceptors (Lipinski definition) is 4. The zero-order valence-corrected chi connectivity index (χ0v) is 16.4. The average Bonchev–Trinajstić information content (AvgIpc) is 3.16. The molecule has 0 unspecified atom stereocenters. The summed E-state index contributed by atoms with van der Waals surface area (Å²) in [6.45, 7) is -0.252. The van der Waals surface area contributed by atoms with E-state index in [0.29, 0.717) is 16.7 Å². The van der Waals surface area contributed by atoms with Crippen molar-refractivity contribution in [3.8, 4) is 5.75 Å². The summed E-state index contributed by atoms with van der Waals surface area (Å²) in [5.41, 5.74) is 2.45. The molecule has 0 saturated heterocycles. The number of fused-ring (bicyclic) bond motifs is 1. The van der Waals surface area contributed by atoms with Crippen molar-refractivity contribution in [2.45, 2.75) is 0 Å². The van der Waals surface area contributed by atoms with Crippen LogP contribution in [0.15, 0.2) is 72.8 Å². The molecule has 150 valence electrons. The van der Waals surface area contributed by atoms with Crippen molar-refractivity contribution in [3.05, 3.63) is 83.4 Å². The maximum absolute atomic E-state index is 12.7. The standard InChI is InChI=1S/C22H17ClN4O3/c23-14-9-11-15(12-10-14)24-20(28)13-30-19-8-4-1-5-16(19)21(29)27-22-25-17-6-2-3-7-18(17)26-22/h1-12H,13H2,(H,24,28)(H2,25,26,27,29). The smallest absolute Gasteiger partial charge is 0.262 e. The fourth-order valence-corrected chi connectivity index (χ4v) is 2.97. The highest BCUT2D eigenvalue weighted by atomic mass is 35.5. The van der Waals surface area contributed by atoms with Crippen molar-refractivity contribution >= 4 is 46.1 Å². The predicted molar refractivity (Wildman–Crippen MR) is 116 cm³/mol. The Bertz CT molecular complexity index is 1170. The number of ether oxygens (including phenoxy) is 1. The second kappa shape index (κ2) is 8.67. The van der Waals surface area contributed by atoms with Gasteiger partial charge in [0.2, 0.25) is 5.95 Å². The molecule has 4 aromatic rings. The molecule has 0 fully saturated rings. The molecule has 3 aromatic carbocycles. The molecule has 7 nitrogen and oxygen atoms in total. The lowest BCUT2D eigenvalue weighted by molar-refractivity contribution is -0.118. The number of carbonyl (C=O) groups is 2. The van der Waals surface area contributed by atoms with Crippen LogP contribution in [0.25, 0.3) is 11.0 Å². The van der Waals surface area contributed by atoms with Gasteiger partial charge in [0.15, 0.2) is 6.61 Å². The molecule has 0 atom stereocenters. The first-order valence-electron chi connectivity index (χ1n) is 9.12. The van der Waals surface area contributed by atoms with Crippen molar-refractivity contribution in [1.29, 1.82) is 0 Å². The van der Waals surface area contributed by atoms with Gasteiger partial charge in [-0.2, -0.15) is 0 Å². The number of nitrogens with zero attached hydrogens (tertiary/aromatic N) is 1. The Balaban J connectivity index is 1.42. The van der Waals surface area contributed by atoms with Crippen LogP contribution in [0.1, 0.15) is 10.4 Å². The molecule has 3 N–H and O–H groups in total. The van der Waals surface area contributed by atoms with Crippen molar-refractivity contribution in [2.75, 3.05) is 17.2 Å². The van der Waals surface area contributed by atoms with E-state index < -0.39 is 5.91 Å². The molecular formula is C22H17ClN4O3. The minimum atomic E-state index is -0.400. The molecular weight excluding hydrogens is 404 g/mol. The number of amides is 2. The number of carbonyl (C=O) groups excluding carboxylic acids is 2. The quantitative estimate of drug-likeness (QED) is 0.428. The van der Waals surface area contributed by atoms with Gasteiger partial charge < -0.3 is 15.0 Å². The lowest BCUT2D eigenvalue weighted by Crippen LogP contribution is -2.21. The molecule has 30 heavy (non-hydrogen) atoms. The van der Waals surface area contributed by atoms with E-state index in [-0.39, 0.29) is 23.8 Å². The molecule has 0 aliphatic carbocycles. The zero-order chi connectivity index (χ0) is 20.9. The van der Waals surface area contributed by atoms with Crippen LogP contribution in [0.3, 0.4) is 0 Å². The largest absolute Gasteiger partial charge is 0.483 e. The lowest BCUT2D eigenvalue weighted by atomic mass is 10.2. The minimum Gasteiger partial charge on any atom is -0.483 e. The molecule has 8 heteroatoms. The van der Waals surface area contributed by atoms with Crippen LogP contribution in [0.2, 0.25) is 5.02 Å². The molecule has 1 aromatic heterocycles. The number of H-pyrrole nitrogens is 1. The fourth-order valence-electron chi connectivity index (χ4n) is 2.84. The number of hydrogen-bond donors (Lipinski definition) is 3. The number of para-hydroxylation sites is 3. The summed E-state index contributed by atoms with van der Waals surface area (Å²) in [4.78, 5) is 32.2. The van der Waals surface area contributed by atoms with Crippen LogP contribution in [0, 0.1) is 0 Å². The highest BCUT2D eigenvalue weighted by Gasteiger charge is 2.15. The number of rotatable bonds is 6. The molecule has 0 bridgehead atoms. The molecule has 2 amide bonds. The third-order valence-corrected chi connectivity index (χ3v) is 4.49. The highest BCUT2D eigenvalue weighted by Crippen LogP contribution is 2.20. The Labute approximate surface area is 177 Å². The Morgan fingerprint density at radius 3 is 2.47 bits per heavy atom. The van der Waals surface area contributed by atoms with Crippen LogP contribution >= 0.6 is 11.6 Å². The third kappa shape index (κ3) is 4.59. The fraction of sp³-hybridized carbons (Fsp3) is 0.0455. The molecule has 0 radical (unpaired) electrons. The first-order valence-corrected chi connectivity index (χ1v) is 9.49. The van der Waals surface area contributed by atoms with Gasteiger partial charge in [-0.15, -0.1) is 0 Å². The number of imidazole rings is 1. The van der Waals surface area contributed by atoms with Crippen molar-refractivity contribution in [1.82, 2.24) is 9.97 Å². The summed E-state index contributed by atoms with van der Waals surface area (Å²) >= 11 is 5.84. The molecule has 4 rings (SSSR count). The molecule has 1 heterocycles. The van der Waals surface area contributed by atoms with E-state index in [1.165, 1.54) is 0 Å². The minimum absolute atomic E-state index is 0.252. The van der Waals surface area contributed by atoms with E-state index in [1.807, 2.05) is 24.3 Å². The number of anilines is 2. The molecule has 0 spiro atoms. The number of halogens is 1. The summed E-state index contributed by atoms with van der Waals surface area (Å²) in [6.07, 6.45) is 0. The number of aromatic amines is 1. The van der Waals surface area contributed by atoms with Gasteiger partial charge in [-0.3, -0.25) is 14.9 Å². The first-order chi connectivity index (χ1) is 14.6. The van der Waals surface area contributed by atoms with E-state index in [9.17, 15) is 9.59 Å². The van der Waals surface area contributed by atoms with E-state index in [2.05, 4.69) is 20.6 Å². The Morgan fingerprint density at radius 1 is 0.933 bits per heavy atom. The second-order valence-electron chi connectivity index (χ2n) is 6.40. The molecule has 0 aliphatic heterocycles. The molecule has 0 aliphatic rings. The van der Waals surface area contributed by atoms with Crippen LogP contribution in [-0.4, -0.2) is 28.4 Å². The van der Waals surface area contributed by atoms with Gasteiger partial charge in [0.1, 0.15) is 5.75 Å². The highest BCUT2D eigenvalue weighted by molar-refractivity contribution is 6.30. The summed E-state index contributed by atoms with van der Waals surface area (Å²) in [5, 5.41) is 6.00. The van der Waals surface area contributed by atoms with Crippen LogP contribution in [-0.2, 0) is 4.79 Å². The Morgan fingerprint density at radius 2 is 1.67 bits per heavy atom. The lowest BCUT2D eigenvalue weighted by Gasteiger charge is -2.11. The van der Waals surface area contributed by atoms with Gasteiger partial charge in [-0.1, -0.05) is 35.9 Å². The Kier molecular flexibility index (Phi) is 5.63. The van der Waals surface area contributed by atoms with Gasteiger partial charge in [0, 0.05) is 10.7 Å².